The number of para-hydroxylation sites is 1. The summed E-state index contributed by atoms with van der Waals surface area (Å²) >= 11 is 5.22. The van der Waals surface area contributed by atoms with E-state index in [2.05, 4.69) is 17.6 Å². The van der Waals surface area contributed by atoms with Crippen LogP contribution in [-0.2, 0) is 0 Å². The summed E-state index contributed by atoms with van der Waals surface area (Å²) in [6.07, 6.45) is 2.12. The molecule has 0 aliphatic rings. The van der Waals surface area contributed by atoms with Crippen molar-refractivity contribution in [3.05, 3.63) is 54.1 Å². The van der Waals surface area contributed by atoms with Gasteiger partial charge in [-0.15, -0.1) is 0 Å². The molecule has 0 radical (unpaired) electrons. The highest BCUT2D eigenvalue weighted by Crippen LogP contribution is 2.18. The minimum atomic E-state index is -0.314. The molecule has 2 N–H and O–H groups in total. The molecule has 0 bridgehead atoms. The second kappa shape index (κ2) is 10.4. The number of hydrogen-bond acceptors (Lipinski definition) is 4. The van der Waals surface area contributed by atoms with Gasteiger partial charge in [-0.3, -0.25) is 10.1 Å². The van der Waals surface area contributed by atoms with E-state index in [4.69, 9.17) is 21.7 Å². The van der Waals surface area contributed by atoms with Crippen LogP contribution in [0.4, 0.5) is 5.69 Å². The summed E-state index contributed by atoms with van der Waals surface area (Å²) in [6.45, 7) is 5.19. The van der Waals surface area contributed by atoms with Gasteiger partial charge < -0.3 is 14.8 Å². The van der Waals surface area contributed by atoms with Crippen LogP contribution >= 0.6 is 12.2 Å². The van der Waals surface area contributed by atoms with Crippen molar-refractivity contribution in [1.82, 2.24) is 5.32 Å². The molecule has 0 aromatic heterocycles. The molecule has 2 rings (SSSR count). The predicted molar refractivity (Wildman–Crippen MR) is 108 cm³/mol. The number of amides is 1. The molecule has 0 aliphatic heterocycles. The van der Waals surface area contributed by atoms with Gasteiger partial charge in [0.25, 0.3) is 5.91 Å². The Morgan fingerprint density at radius 2 is 1.77 bits per heavy atom. The summed E-state index contributed by atoms with van der Waals surface area (Å²) in [5, 5.41) is 5.88. The van der Waals surface area contributed by atoms with E-state index in [-0.39, 0.29) is 11.0 Å². The third-order valence-corrected chi connectivity index (χ3v) is 3.74. The van der Waals surface area contributed by atoms with Crippen molar-refractivity contribution in [2.24, 2.45) is 0 Å². The molecule has 0 spiro atoms. The third-order valence-electron chi connectivity index (χ3n) is 3.54. The van der Waals surface area contributed by atoms with Gasteiger partial charge in [0.1, 0.15) is 11.5 Å². The van der Waals surface area contributed by atoms with Crippen LogP contribution in [0.25, 0.3) is 0 Å². The van der Waals surface area contributed by atoms with Gasteiger partial charge in [-0.05, 0) is 62.0 Å². The van der Waals surface area contributed by atoms with Crippen molar-refractivity contribution in [3.63, 3.8) is 0 Å². The van der Waals surface area contributed by atoms with Gasteiger partial charge in [0.15, 0.2) is 5.11 Å². The average Bonchev–Trinajstić information content (AvgIpc) is 2.64. The molecule has 0 fully saturated rings. The molecule has 0 heterocycles. The molecule has 0 unspecified atom stereocenters. The number of unbranched alkanes of at least 4 members (excludes halogenated alkanes) is 1. The van der Waals surface area contributed by atoms with E-state index in [1.54, 1.807) is 18.2 Å². The number of hydrogen-bond donors (Lipinski definition) is 2. The average molecular weight is 372 g/mol. The minimum Gasteiger partial charge on any atom is -0.494 e. The highest BCUT2D eigenvalue weighted by atomic mass is 32.1. The Hall–Kier alpha value is -2.60. The van der Waals surface area contributed by atoms with Gasteiger partial charge in [-0.2, -0.15) is 0 Å². The van der Waals surface area contributed by atoms with Gasteiger partial charge in [0.2, 0.25) is 0 Å². The number of thiocarbonyl (C=S) groups is 1. The Morgan fingerprint density at radius 3 is 2.46 bits per heavy atom. The number of benzene rings is 2. The van der Waals surface area contributed by atoms with Crippen molar-refractivity contribution in [2.75, 3.05) is 18.5 Å². The molecule has 0 aliphatic carbocycles. The fraction of sp³-hybridized carbons (Fsp3) is 0.300. The van der Waals surface area contributed by atoms with Crippen LogP contribution in [0.2, 0.25) is 0 Å². The van der Waals surface area contributed by atoms with Crippen molar-refractivity contribution in [2.45, 2.75) is 26.7 Å². The molecule has 6 heteroatoms. The van der Waals surface area contributed by atoms with E-state index in [9.17, 15) is 4.79 Å². The first kappa shape index (κ1) is 19.7. The molecule has 26 heavy (non-hydrogen) atoms. The zero-order valence-corrected chi connectivity index (χ0v) is 15.9. The fourth-order valence-electron chi connectivity index (χ4n) is 2.24. The minimum absolute atomic E-state index is 0.223. The predicted octanol–water partition coefficient (Wildman–Crippen LogP) is 4.39. The monoisotopic (exact) mass is 372 g/mol. The number of nitrogens with one attached hydrogen (secondary N) is 2. The van der Waals surface area contributed by atoms with E-state index >= 15 is 0 Å². The molecular weight excluding hydrogens is 348 g/mol. The lowest BCUT2D eigenvalue weighted by Gasteiger charge is -2.12. The number of carbonyl (C=O) groups is 1. The third kappa shape index (κ3) is 6.04. The fourth-order valence-corrected chi connectivity index (χ4v) is 2.45. The Morgan fingerprint density at radius 1 is 1.04 bits per heavy atom. The standard InChI is InChI=1S/C20H24N2O3S/c1-3-5-14-25-16-12-10-15(11-13-16)21-20(26)22-19(23)17-8-6-7-9-18(17)24-4-2/h6-13H,3-5,14H2,1-2H3,(H2,21,22,23,26). The second-order valence-corrected chi connectivity index (χ2v) is 5.97. The van der Waals surface area contributed by atoms with E-state index in [0.717, 1.165) is 24.3 Å². The van der Waals surface area contributed by atoms with E-state index in [1.165, 1.54) is 0 Å². The number of carbonyl (C=O) groups excluding carboxylic acids is 1. The number of rotatable bonds is 8. The first-order chi connectivity index (χ1) is 12.6. The molecule has 0 atom stereocenters. The smallest absolute Gasteiger partial charge is 0.261 e. The van der Waals surface area contributed by atoms with E-state index in [0.29, 0.717) is 24.5 Å². The van der Waals surface area contributed by atoms with Crippen LogP contribution in [0, 0.1) is 0 Å². The van der Waals surface area contributed by atoms with Gasteiger partial charge in [-0.1, -0.05) is 25.5 Å². The van der Waals surface area contributed by atoms with Crippen LogP contribution in [0.3, 0.4) is 0 Å². The topological polar surface area (TPSA) is 59.6 Å². The quantitative estimate of drug-likeness (QED) is 0.532. The number of ether oxygens (including phenoxy) is 2. The van der Waals surface area contributed by atoms with Gasteiger partial charge in [-0.25, -0.2) is 0 Å². The van der Waals surface area contributed by atoms with Crippen LogP contribution < -0.4 is 20.1 Å². The van der Waals surface area contributed by atoms with Gasteiger partial charge in [0.05, 0.1) is 18.8 Å². The normalized spacial score (nSPS) is 10.1. The summed E-state index contributed by atoms with van der Waals surface area (Å²) in [4.78, 5) is 12.4. The highest BCUT2D eigenvalue weighted by molar-refractivity contribution is 7.80. The Labute approximate surface area is 159 Å². The summed E-state index contributed by atoms with van der Waals surface area (Å²) < 4.78 is 11.1. The first-order valence-electron chi connectivity index (χ1n) is 8.71. The largest absolute Gasteiger partial charge is 0.494 e. The SMILES string of the molecule is CCCCOc1ccc(NC(=S)NC(=O)c2ccccc2OCC)cc1. The lowest BCUT2D eigenvalue weighted by Crippen LogP contribution is -2.34. The number of anilines is 1. The molecular formula is C20H24N2O3S. The van der Waals surface area contributed by atoms with Crippen molar-refractivity contribution >= 4 is 28.9 Å². The lowest BCUT2D eigenvalue weighted by molar-refractivity contribution is 0.0974. The molecule has 2 aromatic rings. The summed E-state index contributed by atoms with van der Waals surface area (Å²) in [7, 11) is 0. The Bertz CT molecular complexity index is 732. The van der Waals surface area contributed by atoms with E-state index < -0.39 is 0 Å². The first-order valence-corrected chi connectivity index (χ1v) is 9.12. The van der Waals surface area contributed by atoms with Crippen molar-refractivity contribution in [1.29, 1.82) is 0 Å². The molecule has 138 valence electrons. The summed E-state index contributed by atoms with van der Waals surface area (Å²) in [5.74, 6) is 1.03. The summed E-state index contributed by atoms with van der Waals surface area (Å²) in [6, 6.07) is 14.5. The Kier molecular flexibility index (Phi) is 7.89. The molecule has 1 amide bonds. The van der Waals surface area contributed by atoms with Crippen LogP contribution in [0.1, 0.15) is 37.0 Å². The van der Waals surface area contributed by atoms with Crippen LogP contribution in [-0.4, -0.2) is 24.2 Å². The van der Waals surface area contributed by atoms with Crippen molar-refractivity contribution in [3.8, 4) is 11.5 Å². The van der Waals surface area contributed by atoms with Gasteiger partial charge >= 0.3 is 0 Å². The van der Waals surface area contributed by atoms with Crippen molar-refractivity contribution < 1.29 is 14.3 Å². The maximum Gasteiger partial charge on any atom is 0.261 e. The van der Waals surface area contributed by atoms with Crippen LogP contribution in [0.5, 0.6) is 11.5 Å². The van der Waals surface area contributed by atoms with E-state index in [1.807, 2.05) is 37.3 Å². The van der Waals surface area contributed by atoms with Crippen LogP contribution in [0.15, 0.2) is 48.5 Å². The molecule has 0 saturated heterocycles. The maximum atomic E-state index is 12.4. The zero-order chi connectivity index (χ0) is 18.8. The zero-order valence-electron chi connectivity index (χ0n) is 15.1. The highest BCUT2D eigenvalue weighted by Gasteiger charge is 2.13. The Balaban J connectivity index is 1.91. The maximum absolute atomic E-state index is 12.4. The molecule has 5 nitrogen and oxygen atoms in total. The summed E-state index contributed by atoms with van der Waals surface area (Å²) in [5.41, 5.74) is 1.22. The van der Waals surface area contributed by atoms with Gasteiger partial charge in [0, 0.05) is 5.69 Å². The lowest BCUT2D eigenvalue weighted by atomic mass is 10.2. The molecule has 2 aromatic carbocycles. The molecule has 0 saturated carbocycles. The second-order valence-electron chi connectivity index (χ2n) is 5.56.